The van der Waals surface area contributed by atoms with Gasteiger partial charge in [-0.15, -0.1) is 12.1 Å². The van der Waals surface area contributed by atoms with Crippen molar-refractivity contribution in [2.24, 2.45) is 0 Å². The van der Waals surface area contributed by atoms with Crippen LogP contribution in [0, 0.1) is 15.4 Å². The largest absolute Gasteiger partial charge is 0.747 e. The second-order valence-corrected chi connectivity index (χ2v) is 5.52. The van der Waals surface area contributed by atoms with Gasteiger partial charge in [-0.05, 0) is 11.6 Å². The molecule has 22 heavy (non-hydrogen) atoms. The van der Waals surface area contributed by atoms with E-state index in [0.717, 1.165) is 17.4 Å². The van der Waals surface area contributed by atoms with Gasteiger partial charge in [0.1, 0.15) is 6.29 Å². The molecule has 3 aromatic rings. The fourth-order valence-corrected chi connectivity index (χ4v) is 2.06. The van der Waals surface area contributed by atoms with E-state index in [4.69, 9.17) is 0 Å². The number of rotatable bonds is 1. The van der Waals surface area contributed by atoms with Crippen LogP contribution in [0.25, 0.3) is 0 Å². The SMILES string of the molecule is I[c-]1[cH-][cH-][cH-][cH-]1.O=Cc1cccc(C#C[c-]2cccc2)c1.[Fe]. The van der Waals surface area contributed by atoms with Gasteiger partial charge in [0.2, 0.25) is 0 Å². The van der Waals surface area contributed by atoms with E-state index in [1.807, 2.05) is 48.5 Å². The first-order chi connectivity index (χ1) is 10.3. The van der Waals surface area contributed by atoms with E-state index in [9.17, 15) is 4.79 Å². The molecule has 0 aliphatic heterocycles. The number of benzene rings is 1. The van der Waals surface area contributed by atoms with E-state index in [1.165, 1.54) is 3.57 Å². The molecule has 1 nitrogen and oxygen atoms in total. The van der Waals surface area contributed by atoms with Gasteiger partial charge in [-0.1, -0.05) is 23.8 Å². The number of carbonyl (C=O) groups excluding carboxylic acids is 1. The molecule has 3 aromatic carbocycles. The maximum Gasteiger partial charge on any atom is 0.150 e. The third-order valence-corrected chi connectivity index (χ3v) is 3.38. The van der Waals surface area contributed by atoms with Gasteiger partial charge in [0.05, 0.1) is 0 Å². The number of halogens is 1. The second kappa shape index (κ2) is 10.2. The van der Waals surface area contributed by atoms with Crippen molar-refractivity contribution in [1.29, 1.82) is 0 Å². The first-order valence-corrected chi connectivity index (χ1v) is 7.52. The van der Waals surface area contributed by atoms with Gasteiger partial charge in [0.25, 0.3) is 0 Å². The summed E-state index contributed by atoms with van der Waals surface area (Å²) in [5, 5.41) is 0. The average molecular weight is 440 g/mol. The molecule has 0 atom stereocenters. The third-order valence-electron chi connectivity index (χ3n) is 2.66. The average Bonchev–Trinajstić information content (AvgIpc) is 3.19. The summed E-state index contributed by atoms with van der Waals surface area (Å²) in [6, 6.07) is 23.3. The van der Waals surface area contributed by atoms with Crippen molar-refractivity contribution in [3.8, 4) is 11.8 Å². The van der Waals surface area contributed by atoms with Crippen LogP contribution in [0.15, 0.2) is 72.8 Å². The molecule has 3 heteroatoms. The summed E-state index contributed by atoms with van der Waals surface area (Å²) < 4.78 is 1.31. The van der Waals surface area contributed by atoms with Gasteiger partial charge < -0.3 is 50.4 Å². The molecular formula is C19H13FeIO-6. The van der Waals surface area contributed by atoms with E-state index in [2.05, 4.69) is 46.6 Å². The molecule has 0 heterocycles. The Hall–Kier alpha value is -1.60. The molecule has 0 aliphatic rings. The molecule has 0 radical (unpaired) electrons. The fraction of sp³-hybridized carbons (Fsp3) is 0. The van der Waals surface area contributed by atoms with Crippen molar-refractivity contribution in [3.63, 3.8) is 0 Å². The normalized spacial score (nSPS) is 8.59. The van der Waals surface area contributed by atoms with Crippen LogP contribution >= 0.6 is 22.6 Å². The van der Waals surface area contributed by atoms with Crippen LogP contribution in [0.3, 0.4) is 0 Å². The Morgan fingerprint density at radius 1 is 1.09 bits per heavy atom. The van der Waals surface area contributed by atoms with Gasteiger partial charge in [-0.3, -0.25) is 4.79 Å². The first-order valence-electron chi connectivity index (χ1n) is 6.44. The summed E-state index contributed by atoms with van der Waals surface area (Å²) in [6.45, 7) is 0. The Bertz CT molecular complexity index is 731. The monoisotopic (exact) mass is 440 g/mol. The fourth-order valence-electron chi connectivity index (χ4n) is 1.64. The molecule has 0 N–H and O–H groups in total. The van der Waals surface area contributed by atoms with Crippen molar-refractivity contribution < 1.29 is 21.9 Å². The minimum atomic E-state index is 0. The zero-order valence-corrected chi connectivity index (χ0v) is 14.9. The van der Waals surface area contributed by atoms with Crippen LogP contribution in [0.1, 0.15) is 21.5 Å². The van der Waals surface area contributed by atoms with Crippen molar-refractivity contribution in [3.05, 3.63) is 93.1 Å². The maximum atomic E-state index is 10.5. The van der Waals surface area contributed by atoms with Crippen molar-refractivity contribution in [2.45, 2.75) is 0 Å². The summed E-state index contributed by atoms with van der Waals surface area (Å²) in [7, 11) is 0. The summed E-state index contributed by atoms with van der Waals surface area (Å²) in [5.74, 6) is 6.04. The topological polar surface area (TPSA) is 17.1 Å². The summed E-state index contributed by atoms with van der Waals surface area (Å²) in [4.78, 5) is 10.5. The molecule has 116 valence electrons. The Balaban J connectivity index is 0.000000293. The predicted octanol–water partition coefficient (Wildman–Crippen LogP) is 4.63. The van der Waals surface area contributed by atoms with Gasteiger partial charge in [0.15, 0.2) is 0 Å². The van der Waals surface area contributed by atoms with E-state index in [1.54, 1.807) is 12.1 Å². The minimum absolute atomic E-state index is 0. The first kappa shape index (κ1) is 18.4. The van der Waals surface area contributed by atoms with Crippen LogP contribution in [-0.2, 0) is 17.1 Å². The number of aldehydes is 1. The molecule has 0 saturated heterocycles. The number of hydrogen-bond acceptors (Lipinski definition) is 1. The molecule has 0 aliphatic carbocycles. The third kappa shape index (κ3) is 6.44. The number of hydrogen-bond donors (Lipinski definition) is 0. The van der Waals surface area contributed by atoms with Crippen molar-refractivity contribution in [1.82, 2.24) is 0 Å². The zero-order valence-electron chi connectivity index (χ0n) is 11.6. The smallest absolute Gasteiger partial charge is 0.150 e. The predicted molar refractivity (Wildman–Crippen MR) is 94.6 cm³/mol. The maximum absolute atomic E-state index is 10.5. The van der Waals surface area contributed by atoms with Crippen LogP contribution < -0.4 is 0 Å². The van der Waals surface area contributed by atoms with E-state index in [0.29, 0.717) is 5.56 Å². The molecule has 0 saturated carbocycles. The molecular weight excluding hydrogens is 427 g/mol. The molecule has 0 amide bonds. The van der Waals surface area contributed by atoms with Crippen LogP contribution in [0.4, 0.5) is 0 Å². The van der Waals surface area contributed by atoms with E-state index < -0.39 is 0 Å². The molecule has 0 unspecified atom stereocenters. The standard InChI is InChI=1S/C14H9O.C5H4I.Fe/c15-11-14-7-3-6-13(10-14)9-8-12-4-1-2-5-12;6-5-3-1-2-4-5;/h1-7,10-11H;1-4H;/q-1;-5;. The number of carbonyl (C=O) groups is 1. The van der Waals surface area contributed by atoms with Crippen LogP contribution in [0.5, 0.6) is 0 Å². The summed E-state index contributed by atoms with van der Waals surface area (Å²) in [5.41, 5.74) is 2.51. The van der Waals surface area contributed by atoms with E-state index in [-0.39, 0.29) is 17.1 Å². The minimum Gasteiger partial charge on any atom is -0.747 e. The van der Waals surface area contributed by atoms with Crippen LogP contribution in [0.2, 0.25) is 0 Å². The molecule has 0 spiro atoms. The zero-order chi connectivity index (χ0) is 14.9. The Morgan fingerprint density at radius 3 is 2.32 bits per heavy atom. The Labute approximate surface area is 155 Å². The van der Waals surface area contributed by atoms with Gasteiger partial charge >= 0.3 is 0 Å². The molecule has 0 aromatic heterocycles. The quantitative estimate of drug-likeness (QED) is 0.178. The van der Waals surface area contributed by atoms with Crippen molar-refractivity contribution in [2.75, 3.05) is 0 Å². The van der Waals surface area contributed by atoms with Crippen molar-refractivity contribution >= 4 is 28.9 Å². The van der Waals surface area contributed by atoms with Gasteiger partial charge in [-0.2, -0.15) is 24.0 Å². The molecule has 0 fully saturated rings. The Kier molecular flexibility index (Phi) is 8.54. The van der Waals surface area contributed by atoms with Crippen LogP contribution in [-0.4, -0.2) is 6.29 Å². The second-order valence-electron chi connectivity index (χ2n) is 4.27. The van der Waals surface area contributed by atoms with E-state index >= 15 is 0 Å². The molecule has 0 bridgehead atoms. The summed E-state index contributed by atoms with van der Waals surface area (Å²) >= 11 is 2.28. The molecule has 3 rings (SSSR count). The summed E-state index contributed by atoms with van der Waals surface area (Å²) in [6.07, 6.45) is 0.827. The van der Waals surface area contributed by atoms with Gasteiger partial charge in [-0.25, -0.2) is 0 Å². The Morgan fingerprint density at radius 2 is 1.77 bits per heavy atom. The van der Waals surface area contributed by atoms with Gasteiger partial charge in [0, 0.05) is 22.6 Å².